The van der Waals surface area contributed by atoms with E-state index in [2.05, 4.69) is 13.5 Å². The molecule has 1 nitrogen and oxygen atoms in total. The van der Waals surface area contributed by atoms with E-state index in [1.54, 1.807) is 11.8 Å². The van der Waals surface area contributed by atoms with E-state index >= 15 is 0 Å². The Morgan fingerprint density at radius 1 is 1.91 bits per heavy atom. The molecule has 0 aromatic heterocycles. The first-order valence-corrected chi connectivity index (χ1v) is 4.95. The fraction of sp³-hybridized carbons (Fsp3) is 0.750. The number of hydrogen-bond acceptors (Lipinski definition) is 2. The highest BCUT2D eigenvalue weighted by molar-refractivity contribution is 8.00. The SMILES string of the molecule is [B][C@H](O)C1SC[C@H](CC)C1=C. The fourth-order valence-corrected chi connectivity index (χ4v) is 2.86. The Kier molecular flexibility index (Phi) is 3.08. The molecule has 3 atom stereocenters. The number of thioether (sulfide) groups is 1. The van der Waals surface area contributed by atoms with Gasteiger partial charge in [-0.2, -0.15) is 11.8 Å². The third-order valence-electron chi connectivity index (χ3n) is 2.17. The zero-order chi connectivity index (χ0) is 8.43. The Morgan fingerprint density at radius 2 is 2.55 bits per heavy atom. The Balaban J connectivity index is 2.56. The van der Waals surface area contributed by atoms with Crippen molar-refractivity contribution in [2.75, 3.05) is 5.75 Å². The minimum absolute atomic E-state index is 0.0694. The highest BCUT2D eigenvalue weighted by atomic mass is 32.2. The molecule has 11 heavy (non-hydrogen) atoms. The van der Waals surface area contributed by atoms with Gasteiger partial charge in [-0.3, -0.25) is 0 Å². The molecule has 1 aliphatic rings. The van der Waals surface area contributed by atoms with Gasteiger partial charge in [0.05, 0.1) is 0 Å². The minimum Gasteiger partial charge on any atom is -0.401 e. The molecule has 1 unspecified atom stereocenters. The average molecular weight is 168 g/mol. The molecule has 0 aromatic carbocycles. The van der Waals surface area contributed by atoms with E-state index in [4.69, 9.17) is 13.0 Å². The summed E-state index contributed by atoms with van der Waals surface area (Å²) in [4.78, 5) is 0. The zero-order valence-corrected chi connectivity index (χ0v) is 7.60. The third-order valence-corrected chi connectivity index (χ3v) is 3.71. The maximum absolute atomic E-state index is 9.13. The van der Waals surface area contributed by atoms with Crippen molar-refractivity contribution < 1.29 is 5.11 Å². The van der Waals surface area contributed by atoms with E-state index in [1.165, 1.54) is 0 Å². The van der Waals surface area contributed by atoms with Crippen LogP contribution in [0.3, 0.4) is 0 Å². The molecule has 0 amide bonds. The molecule has 1 N–H and O–H groups in total. The summed E-state index contributed by atoms with van der Waals surface area (Å²) >= 11 is 1.72. The standard InChI is InChI=1S/C8H13BOS/c1-3-6-4-11-7(5(6)2)8(9)10/h6-8,10H,2-4H2,1H3/t6-,7?,8+/m0/s1. The lowest BCUT2D eigenvalue weighted by Gasteiger charge is -2.15. The lowest BCUT2D eigenvalue weighted by Crippen LogP contribution is -2.22. The van der Waals surface area contributed by atoms with E-state index in [-0.39, 0.29) is 5.25 Å². The largest absolute Gasteiger partial charge is 0.401 e. The van der Waals surface area contributed by atoms with Crippen LogP contribution >= 0.6 is 11.8 Å². The van der Waals surface area contributed by atoms with E-state index in [9.17, 15) is 0 Å². The molecule has 1 saturated heterocycles. The van der Waals surface area contributed by atoms with Gasteiger partial charge in [-0.25, -0.2) is 0 Å². The van der Waals surface area contributed by atoms with E-state index in [1.807, 2.05) is 0 Å². The van der Waals surface area contributed by atoms with Crippen molar-refractivity contribution in [3.8, 4) is 0 Å². The molecule has 0 aromatic rings. The van der Waals surface area contributed by atoms with Gasteiger partial charge in [0.25, 0.3) is 0 Å². The second-order valence-electron chi connectivity index (χ2n) is 2.92. The quantitative estimate of drug-likeness (QED) is 0.493. The predicted molar refractivity (Wildman–Crippen MR) is 50.9 cm³/mol. The molecule has 0 aliphatic carbocycles. The highest BCUT2D eigenvalue weighted by Crippen LogP contribution is 2.38. The van der Waals surface area contributed by atoms with Gasteiger partial charge in [-0.15, -0.1) is 0 Å². The highest BCUT2D eigenvalue weighted by Gasteiger charge is 2.30. The van der Waals surface area contributed by atoms with Crippen molar-refractivity contribution >= 4 is 19.6 Å². The Hall–Kier alpha value is 0.115. The molecule has 3 heteroatoms. The van der Waals surface area contributed by atoms with Gasteiger partial charge in [0.2, 0.25) is 0 Å². The Morgan fingerprint density at radius 3 is 2.82 bits per heavy atom. The van der Waals surface area contributed by atoms with E-state index < -0.39 is 6.00 Å². The number of rotatable bonds is 2. The average Bonchev–Trinajstić information content (AvgIpc) is 2.30. The van der Waals surface area contributed by atoms with Gasteiger partial charge in [0, 0.05) is 17.0 Å². The van der Waals surface area contributed by atoms with Crippen LogP contribution < -0.4 is 0 Å². The van der Waals surface area contributed by atoms with Gasteiger partial charge in [-0.05, 0) is 12.3 Å². The topological polar surface area (TPSA) is 20.2 Å². The number of hydrogen-bond donors (Lipinski definition) is 1. The maximum Gasteiger partial charge on any atom is 0.110 e. The molecule has 1 aliphatic heterocycles. The van der Waals surface area contributed by atoms with Crippen molar-refractivity contribution in [2.45, 2.75) is 24.6 Å². The van der Waals surface area contributed by atoms with Crippen LogP contribution in [0.1, 0.15) is 13.3 Å². The minimum atomic E-state index is -0.732. The predicted octanol–water partition coefficient (Wildman–Crippen LogP) is 1.17. The number of aliphatic hydroxyl groups excluding tert-OH is 1. The lowest BCUT2D eigenvalue weighted by molar-refractivity contribution is 0.260. The molecule has 1 heterocycles. The van der Waals surface area contributed by atoms with Crippen LogP contribution in [0.4, 0.5) is 0 Å². The first-order chi connectivity index (χ1) is 5.16. The normalized spacial score (nSPS) is 34.2. The second kappa shape index (κ2) is 3.68. The summed E-state index contributed by atoms with van der Waals surface area (Å²) in [5, 5.41) is 9.20. The molecule has 60 valence electrons. The molecule has 0 spiro atoms. The van der Waals surface area contributed by atoms with Gasteiger partial charge in [0.1, 0.15) is 7.85 Å². The van der Waals surface area contributed by atoms with Gasteiger partial charge >= 0.3 is 0 Å². The summed E-state index contributed by atoms with van der Waals surface area (Å²) in [6, 6.07) is -0.732. The first kappa shape index (κ1) is 9.20. The van der Waals surface area contributed by atoms with Crippen LogP contribution in [0.5, 0.6) is 0 Å². The van der Waals surface area contributed by atoms with Crippen LogP contribution in [0.15, 0.2) is 12.2 Å². The van der Waals surface area contributed by atoms with Gasteiger partial charge in [0.15, 0.2) is 0 Å². The summed E-state index contributed by atoms with van der Waals surface area (Å²) in [5.74, 6) is 1.62. The number of aliphatic hydroxyl groups is 1. The van der Waals surface area contributed by atoms with Crippen molar-refractivity contribution in [3.63, 3.8) is 0 Å². The molecule has 1 rings (SSSR count). The van der Waals surface area contributed by atoms with Crippen LogP contribution in [-0.4, -0.2) is 30.0 Å². The Bertz CT molecular complexity index is 158. The van der Waals surface area contributed by atoms with Crippen LogP contribution in [0.2, 0.25) is 0 Å². The summed E-state index contributed by atoms with van der Waals surface area (Å²) in [6.07, 6.45) is 1.11. The maximum atomic E-state index is 9.13. The monoisotopic (exact) mass is 168 g/mol. The van der Waals surface area contributed by atoms with Gasteiger partial charge < -0.3 is 5.11 Å². The summed E-state index contributed by atoms with van der Waals surface area (Å²) in [5.41, 5.74) is 1.12. The molecular weight excluding hydrogens is 155 g/mol. The molecule has 1 fully saturated rings. The summed E-state index contributed by atoms with van der Waals surface area (Å²) in [6.45, 7) is 6.09. The van der Waals surface area contributed by atoms with Crippen molar-refractivity contribution in [1.82, 2.24) is 0 Å². The van der Waals surface area contributed by atoms with Crippen molar-refractivity contribution in [1.29, 1.82) is 0 Å². The van der Waals surface area contributed by atoms with E-state index in [0.29, 0.717) is 5.92 Å². The summed E-state index contributed by atoms with van der Waals surface area (Å²) < 4.78 is 0. The fourth-order valence-electron chi connectivity index (χ4n) is 1.36. The van der Waals surface area contributed by atoms with Crippen LogP contribution in [0.25, 0.3) is 0 Å². The van der Waals surface area contributed by atoms with Crippen LogP contribution in [-0.2, 0) is 0 Å². The lowest BCUT2D eigenvalue weighted by atomic mass is 9.87. The smallest absolute Gasteiger partial charge is 0.110 e. The molecular formula is C8H13BOS. The van der Waals surface area contributed by atoms with Crippen molar-refractivity contribution in [3.05, 3.63) is 12.2 Å². The molecule has 2 radical (unpaired) electrons. The molecule has 0 bridgehead atoms. The van der Waals surface area contributed by atoms with Crippen molar-refractivity contribution in [2.24, 2.45) is 5.92 Å². The summed E-state index contributed by atoms with van der Waals surface area (Å²) in [7, 11) is 5.38. The van der Waals surface area contributed by atoms with Gasteiger partial charge in [-0.1, -0.05) is 19.1 Å². The molecule has 0 saturated carbocycles. The zero-order valence-electron chi connectivity index (χ0n) is 6.79. The Labute approximate surface area is 73.7 Å². The third kappa shape index (κ3) is 1.82. The second-order valence-corrected chi connectivity index (χ2v) is 4.10. The van der Waals surface area contributed by atoms with E-state index in [0.717, 1.165) is 17.7 Å². The first-order valence-electron chi connectivity index (χ1n) is 3.90. The van der Waals surface area contributed by atoms with Crippen LogP contribution in [0, 0.1) is 5.92 Å².